The van der Waals surface area contributed by atoms with Gasteiger partial charge in [0.2, 0.25) is 0 Å². The number of hydrogen-bond donors (Lipinski definition) is 2. The fourth-order valence-electron chi connectivity index (χ4n) is 2.17. The molecule has 0 unspecified atom stereocenters. The number of nitrogens with zero attached hydrogens (tertiary/aromatic N) is 1. The van der Waals surface area contributed by atoms with Crippen LogP contribution in [0.2, 0.25) is 0 Å². The predicted molar refractivity (Wildman–Crippen MR) is 77.1 cm³/mol. The van der Waals surface area contributed by atoms with E-state index in [-0.39, 0.29) is 13.5 Å². The summed E-state index contributed by atoms with van der Waals surface area (Å²) in [5.41, 5.74) is 0. The molecule has 0 atom stereocenters. The molecule has 3 heteroatoms. The highest BCUT2D eigenvalue weighted by Crippen LogP contribution is 2.11. The molecule has 0 aromatic heterocycles. The molecule has 0 rings (SSSR count). The van der Waals surface area contributed by atoms with Crippen molar-refractivity contribution in [2.24, 2.45) is 0 Å². The van der Waals surface area contributed by atoms with E-state index in [4.69, 9.17) is 10.2 Å². The Hall–Kier alpha value is -0.120. The molecule has 0 heterocycles. The molecule has 0 saturated carbocycles. The molecule has 0 amide bonds. The summed E-state index contributed by atoms with van der Waals surface area (Å²) >= 11 is 0. The van der Waals surface area contributed by atoms with Crippen LogP contribution < -0.4 is 0 Å². The average molecular weight is 260 g/mol. The molecule has 2 N–H and O–H groups in total. The summed E-state index contributed by atoms with van der Waals surface area (Å²) in [5, 5.41) is 18.3. The van der Waals surface area contributed by atoms with E-state index in [1.807, 2.05) is 7.05 Å². The number of unbranched alkanes of at least 4 members (excludes halogenated alkanes) is 9. The molecule has 0 radical (unpaired) electrons. The minimum Gasteiger partial charge on any atom is -0.347 e. The topological polar surface area (TPSA) is 40.5 Å². The largest absolute Gasteiger partial charge is 0.347 e. The molecule has 0 spiro atoms. The molecule has 0 aromatic rings. The van der Waals surface area contributed by atoms with Crippen LogP contribution in [0.25, 0.3) is 0 Å². The molecular formula is C15H34NO2+. The van der Waals surface area contributed by atoms with E-state index >= 15 is 0 Å². The van der Waals surface area contributed by atoms with E-state index in [1.54, 1.807) is 0 Å². The Labute approximate surface area is 113 Å². The zero-order valence-electron chi connectivity index (χ0n) is 12.5. The molecule has 0 fully saturated rings. The van der Waals surface area contributed by atoms with Crippen molar-refractivity contribution in [3.63, 3.8) is 0 Å². The quantitative estimate of drug-likeness (QED) is 0.303. The van der Waals surface area contributed by atoms with Crippen molar-refractivity contribution in [2.45, 2.75) is 71.1 Å². The van der Waals surface area contributed by atoms with Gasteiger partial charge in [0, 0.05) is 0 Å². The number of aliphatic hydroxyl groups excluding tert-OH is 2. The third-order valence-corrected chi connectivity index (χ3v) is 3.73. The van der Waals surface area contributed by atoms with Crippen molar-refractivity contribution >= 4 is 0 Å². The molecule has 0 aromatic carbocycles. The van der Waals surface area contributed by atoms with E-state index in [9.17, 15) is 0 Å². The average Bonchev–Trinajstić information content (AvgIpc) is 2.40. The lowest BCUT2D eigenvalue weighted by Crippen LogP contribution is -2.46. The van der Waals surface area contributed by atoms with Crippen LogP contribution in [-0.2, 0) is 0 Å². The van der Waals surface area contributed by atoms with E-state index in [1.165, 1.54) is 57.8 Å². The van der Waals surface area contributed by atoms with Crippen LogP contribution in [0.1, 0.15) is 71.1 Å². The molecule has 0 aliphatic carbocycles. The molecular weight excluding hydrogens is 226 g/mol. The summed E-state index contributed by atoms with van der Waals surface area (Å²) in [6, 6.07) is 0. The highest BCUT2D eigenvalue weighted by Gasteiger charge is 2.17. The summed E-state index contributed by atoms with van der Waals surface area (Å²) in [5.74, 6) is 0. The smallest absolute Gasteiger partial charge is 0.181 e. The molecule has 0 aliphatic heterocycles. The predicted octanol–water partition coefficient (Wildman–Crippen LogP) is 3.25. The lowest BCUT2D eigenvalue weighted by molar-refractivity contribution is -0.944. The Morgan fingerprint density at radius 1 is 0.667 bits per heavy atom. The zero-order valence-corrected chi connectivity index (χ0v) is 12.5. The van der Waals surface area contributed by atoms with E-state index in [0.717, 1.165) is 13.0 Å². The van der Waals surface area contributed by atoms with E-state index in [2.05, 4.69) is 6.92 Å². The van der Waals surface area contributed by atoms with Gasteiger partial charge in [-0.3, -0.25) is 4.48 Å². The first-order valence-electron chi connectivity index (χ1n) is 7.74. The van der Waals surface area contributed by atoms with Crippen molar-refractivity contribution in [2.75, 3.05) is 27.1 Å². The van der Waals surface area contributed by atoms with Crippen molar-refractivity contribution in [1.82, 2.24) is 0 Å². The van der Waals surface area contributed by atoms with Crippen LogP contribution in [-0.4, -0.2) is 41.8 Å². The van der Waals surface area contributed by atoms with Gasteiger partial charge in [-0.15, -0.1) is 0 Å². The molecule has 0 aliphatic rings. The summed E-state index contributed by atoms with van der Waals surface area (Å²) in [6.07, 6.45) is 13.2. The van der Waals surface area contributed by atoms with Crippen LogP contribution in [0.15, 0.2) is 0 Å². The van der Waals surface area contributed by atoms with Gasteiger partial charge >= 0.3 is 0 Å². The Morgan fingerprint density at radius 2 is 1.06 bits per heavy atom. The van der Waals surface area contributed by atoms with Crippen LogP contribution >= 0.6 is 0 Å². The van der Waals surface area contributed by atoms with Crippen LogP contribution in [0, 0.1) is 0 Å². The first kappa shape index (κ1) is 17.9. The highest BCUT2D eigenvalue weighted by molar-refractivity contribution is 4.47. The van der Waals surface area contributed by atoms with Crippen LogP contribution in [0.4, 0.5) is 0 Å². The maximum Gasteiger partial charge on any atom is 0.181 e. The van der Waals surface area contributed by atoms with Gasteiger partial charge in [-0.1, -0.05) is 58.3 Å². The molecule has 18 heavy (non-hydrogen) atoms. The maximum atomic E-state index is 9.14. The van der Waals surface area contributed by atoms with Crippen molar-refractivity contribution < 1.29 is 14.7 Å². The number of aliphatic hydroxyl groups is 2. The molecule has 3 nitrogen and oxygen atoms in total. The van der Waals surface area contributed by atoms with Crippen molar-refractivity contribution in [1.29, 1.82) is 0 Å². The second-order valence-electron chi connectivity index (χ2n) is 5.81. The van der Waals surface area contributed by atoms with E-state index in [0.29, 0.717) is 4.48 Å². The summed E-state index contributed by atoms with van der Waals surface area (Å²) in [6.45, 7) is 3.20. The minimum absolute atomic E-state index is 0.0356. The van der Waals surface area contributed by atoms with E-state index < -0.39 is 0 Å². The number of rotatable bonds is 13. The van der Waals surface area contributed by atoms with Gasteiger partial charge in [0.15, 0.2) is 13.5 Å². The van der Waals surface area contributed by atoms with Crippen LogP contribution in [0.3, 0.4) is 0 Å². The van der Waals surface area contributed by atoms with Crippen molar-refractivity contribution in [3.8, 4) is 0 Å². The zero-order chi connectivity index (χ0) is 13.7. The van der Waals surface area contributed by atoms with Gasteiger partial charge in [0.1, 0.15) is 0 Å². The summed E-state index contributed by atoms with van der Waals surface area (Å²) in [7, 11) is 1.90. The van der Waals surface area contributed by atoms with Crippen LogP contribution in [0.5, 0.6) is 0 Å². The Balaban J connectivity index is 3.21. The fraction of sp³-hybridized carbons (Fsp3) is 1.00. The second-order valence-corrected chi connectivity index (χ2v) is 5.81. The monoisotopic (exact) mass is 260 g/mol. The normalized spacial score (nSPS) is 12.0. The first-order chi connectivity index (χ1) is 8.68. The maximum absolute atomic E-state index is 9.14. The number of quaternary nitrogens is 1. The minimum atomic E-state index is 0.0356. The third kappa shape index (κ3) is 9.86. The van der Waals surface area contributed by atoms with Gasteiger partial charge in [0.05, 0.1) is 13.6 Å². The Bertz CT molecular complexity index is 170. The van der Waals surface area contributed by atoms with Gasteiger partial charge in [0.25, 0.3) is 0 Å². The van der Waals surface area contributed by atoms with Gasteiger partial charge in [-0.25, -0.2) is 0 Å². The molecule has 0 bridgehead atoms. The fourth-order valence-corrected chi connectivity index (χ4v) is 2.17. The van der Waals surface area contributed by atoms with Gasteiger partial charge in [-0.2, -0.15) is 0 Å². The first-order valence-corrected chi connectivity index (χ1v) is 7.74. The summed E-state index contributed by atoms with van der Waals surface area (Å²) < 4.78 is 0.372. The summed E-state index contributed by atoms with van der Waals surface area (Å²) in [4.78, 5) is 0. The third-order valence-electron chi connectivity index (χ3n) is 3.73. The van der Waals surface area contributed by atoms with Crippen molar-refractivity contribution in [3.05, 3.63) is 0 Å². The SMILES string of the molecule is CCCCCCCCCCCC[N+](C)(CO)CO. The molecule has 110 valence electrons. The van der Waals surface area contributed by atoms with Gasteiger partial charge in [-0.05, 0) is 12.8 Å². The Kier molecular flexibility index (Phi) is 11.9. The lowest BCUT2D eigenvalue weighted by Gasteiger charge is -2.29. The Morgan fingerprint density at radius 3 is 1.44 bits per heavy atom. The molecule has 0 saturated heterocycles. The lowest BCUT2D eigenvalue weighted by atomic mass is 10.1. The number of hydrogen-bond acceptors (Lipinski definition) is 2. The standard InChI is InChI=1S/C15H34NO2/c1-3-4-5-6-7-8-9-10-11-12-13-16(2,14-17)15-18/h17-18H,3-15H2,1-2H3/q+1. The van der Waals surface area contributed by atoms with Gasteiger partial charge < -0.3 is 10.2 Å². The second kappa shape index (κ2) is 11.9. The highest BCUT2D eigenvalue weighted by atomic mass is 16.3.